The molecule has 1 heterocycles. The summed E-state index contributed by atoms with van der Waals surface area (Å²) in [6.07, 6.45) is -3.65. The average Bonchev–Trinajstić information content (AvgIpc) is 2.26. The standard InChI is InChI=1S/C10H10F5NOS/c1-6(18(2)17)7-4-3-5-16-8(7)9(11,12)10(13,14)15/h3-6H,1-2H3. The Bertz CT molecular complexity index is 460. The zero-order valence-corrected chi connectivity index (χ0v) is 10.3. The molecule has 2 atom stereocenters. The monoisotopic (exact) mass is 287 g/mol. The maximum absolute atomic E-state index is 13.3. The highest BCUT2D eigenvalue weighted by molar-refractivity contribution is 7.84. The van der Waals surface area contributed by atoms with E-state index in [4.69, 9.17) is 0 Å². The Hall–Kier alpha value is -1.05. The van der Waals surface area contributed by atoms with Crippen LogP contribution in [-0.4, -0.2) is 21.6 Å². The summed E-state index contributed by atoms with van der Waals surface area (Å²) in [5, 5.41) is -0.957. The third-order valence-electron chi connectivity index (χ3n) is 2.43. The maximum Gasteiger partial charge on any atom is 0.459 e. The Balaban J connectivity index is 3.39. The molecule has 8 heteroatoms. The van der Waals surface area contributed by atoms with Crippen LogP contribution in [0.3, 0.4) is 0 Å². The van der Waals surface area contributed by atoms with E-state index in [0.717, 1.165) is 12.3 Å². The molecule has 1 rings (SSSR count). The largest absolute Gasteiger partial charge is 0.459 e. The molecule has 2 unspecified atom stereocenters. The Kier molecular flexibility index (Phi) is 4.09. The molecule has 0 N–H and O–H groups in total. The second-order valence-corrected chi connectivity index (χ2v) is 5.36. The molecule has 0 saturated carbocycles. The number of halogens is 5. The van der Waals surface area contributed by atoms with Crippen molar-refractivity contribution in [1.82, 2.24) is 4.98 Å². The zero-order valence-electron chi connectivity index (χ0n) is 9.46. The average molecular weight is 287 g/mol. The first-order chi connectivity index (χ1) is 8.09. The van der Waals surface area contributed by atoms with Crippen LogP contribution >= 0.6 is 0 Å². The SMILES string of the molecule is CC(c1cccnc1C(F)(F)C(F)(F)F)S(C)=O. The van der Waals surface area contributed by atoms with Gasteiger partial charge in [-0.2, -0.15) is 22.0 Å². The molecule has 0 fully saturated rings. The van der Waals surface area contributed by atoms with E-state index in [1.54, 1.807) is 0 Å². The van der Waals surface area contributed by atoms with Crippen molar-refractivity contribution in [2.24, 2.45) is 0 Å². The highest BCUT2D eigenvalue weighted by Crippen LogP contribution is 2.45. The number of aromatic nitrogens is 1. The van der Waals surface area contributed by atoms with E-state index in [-0.39, 0.29) is 5.56 Å². The van der Waals surface area contributed by atoms with Crippen molar-refractivity contribution in [2.75, 3.05) is 6.26 Å². The molecule has 0 aliphatic rings. The lowest BCUT2D eigenvalue weighted by Crippen LogP contribution is -2.36. The number of alkyl halides is 5. The predicted molar refractivity (Wildman–Crippen MR) is 56.7 cm³/mol. The van der Waals surface area contributed by atoms with Crippen molar-refractivity contribution in [3.8, 4) is 0 Å². The van der Waals surface area contributed by atoms with Crippen molar-refractivity contribution in [3.05, 3.63) is 29.6 Å². The predicted octanol–water partition coefficient (Wildman–Crippen LogP) is 3.18. The summed E-state index contributed by atoms with van der Waals surface area (Å²) >= 11 is 0. The molecule has 1 aromatic rings. The van der Waals surface area contributed by atoms with Gasteiger partial charge in [0.1, 0.15) is 5.69 Å². The molecular weight excluding hydrogens is 277 g/mol. The van der Waals surface area contributed by atoms with Gasteiger partial charge in [-0.15, -0.1) is 0 Å². The van der Waals surface area contributed by atoms with Gasteiger partial charge in [0, 0.05) is 23.3 Å². The number of rotatable bonds is 3. The van der Waals surface area contributed by atoms with Crippen LogP contribution in [0.15, 0.2) is 18.3 Å². The van der Waals surface area contributed by atoms with Crippen LogP contribution < -0.4 is 0 Å². The minimum atomic E-state index is -5.73. The number of nitrogens with zero attached hydrogens (tertiary/aromatic N) is 1. The van der Waals surface area contributed by atoms with Crippen LogP contribution in [0, 0.1) is 0 Å². The van der Waals surface area contributed by atoms with Crippen LogP contribution in [-0.2, 0) is 16.7 Å². The van der Waals surface area contributed by atoms with E-state index >= 15 is 0 Å². The van der Waals surface area contributed by atoms with E-state index in [9.17, 15) is 26.2 Å². The second-order valence-electron chi connectivity index (χ2n) is 3.65. The summed E-state index contributed by atoms with van der Waals surface area (Å²) in [5.74, 6) is -5.06. The normalized spacial score (nSPS) is 16.4. The fourth-order valence-electron chi connectivity index (χ4n) is 1.32. The van der Waals surface area contributed by atoms with E-state index in [0.29, 0.717) is 0 Å². The van der Waals surface area contributed by atoms with Crippen LogP contribution in [0.2, 0.25) is 0 Å². The van der Waals surface area contributed by atoms with E-state index in [1.807, 2.05) is 0 Å². The Morgan fingerprint density at radius 1 is 1.28 bits per heavy atom. The van der Waals surface area contributed by atoms with Gasteiger partial charge >= 0.3 is 12.1 Å². The summed E-state index contributed by atoms with van der Waals surface area (Å²) in [7, 11) is -1.57. The van der Waals surface area contributed by atoms with E-state index < -0.39 is 33.8 Å². The van der Waals surface area contributed by atoms with Gasteiger partial charge in [-0.05, 0) is 18.6 Å². The second kappa shape index (κ2) is 4.91. The molecule has 2 nitrogen and oxygen atoms in total. The van der Waals surface area contributed by atoms with Gasteiger partial charge in [-0.1, -0.05) is 6.07 Å². The Labute approximate surface area is 103 Å². The van der Waals surface area contributed by atoms with Gasteiger partial charge in [-0.25, -0.2) is 0 Å². The quantitative estimate of drug-likeness (QED) is 0.799. The molecule has 0 saturated heterocycles. The summed E-state index contributed by atoms with van der Waals surface area (Å²) in [6, 6.07) is 2.31. The molecule has 0 radical (unpaired) electrons. The summed E-state index contributed by atoms with van der Waals surface area (Å²) in [5.41, 5.74) is -1.75. The smallest absolute Gasteiger partial charge is 0.259 e. The maximum atomic E-state index is 13.3. The van der Waals surface area contributed by atoms with E-state index in [2.05, 4.69) is 4.98 Å². The summed E-state index contributed by atoms with van der Waals surface area (Å²) in [6.45, 7) is 1.31. The molecule has 1 aromatic heterocycles. The molecule has 18 heavy (non-hydrogen) atoms. The van der Waals surface area contributed by atoms with Gasteiger partial charge in [-0.3, -0.25) is 9.19 Å². The summed E-state index contributed by atoms with van der Waals surface area (Å²) < 4.78 is 74.6. The number of hydrogen-bond acceptors (Lipinski definition) is 2. The first-order valence-electron chi connectivity index (χ1n) is 4.81. The topological polar surface area (TPSA) is 30.0 Å². The Morgan fingerprint density at radius 2 is 1.83 bits per heavy atom. The minimum Gasteiger partial charge on any atom is -0.259 e. The van der Waals surface area contributed by atoms with Crippen molar-refractivity contribution < 1.29 is 26.2 Å². The first-order valence-corrected chi connectivity index (χ1v) is 6.43. The van der Waals surface area contributed by atoms with Crippen LogP contribution in [0.1, 0.15) is 23.4 Å². The van der Waals surface area contributed by atoms with Gasteiger partial charge in [0.2, 0.25) is 0 Å². The van der Waals surface area contributed by atoms with Gasteiger partial charge < -0.3 is 0 Å². The lowest BCUT2D eigenvalue weighted by atomic mass is 10.1. The molecule has 102 valence electrons. The van der Waals surface area contributed by atoms with E-state index in [1.165, 1.54) is 19.2 Å². The van der Waals surface area contributed by atoms with Crippen LogP contribution in [0.5, 0.6) is 0 Å². The third kappa shape index (κ3) is 2.68. The molecule has 0 aliphatic carbocycles. The zero-order chi connectivity index (χ0) is 14.1. The molecule has 0 aliphatic heterocycles. The van der Waals surface area contributed by atoms with Crippen LogP contribution in [0.4, 0.5) is 22.0 Å². The third-order valence-corrected chi connectivity index (χ3v) is 3.68. The molecule has 0 aromatic carbocycles. The molecular formula is C10H10F5NOS. The van der Waals surface area contributed by atoms with Crippen molar-refractivity contribution in [1.29, 1.82) is 0 Å². The lowest BCUT2D eigenvalue weighted by molar-refractivity contribution is -0.291. The molecule has 0 amide bonds. The molecule has 0 spiro atoms. The van der Waals surface area contributed by atoms with Gasteiger partial charge in [0.15, 0.2) is 0 Å². The van der Waals surface area contributed by atoms with Crippen molar-refractivity contribution in [3.63, 3.8) is 0 Å². The lowest BCUT2D eigenvalue weighted by Gasteiger charge is -2.22. The van der Waals surface area contributed by atoms with Crippen molar-refractivity contribution in [2.45, 2.75) is 24.3 Å². The highest BCUT2D eigenvalue weighted by atomic mass is 32.2. The number of hydrogen-bond donors (Lipinski definition) is 0. The van der Waals surface area contributed by atoms with Gasteiger partial charge in [0.05, 0.1) is 5.25 Å². The Morgan fingerprint density at radius 3 is 2.28 bits per heavy atom. The fourth-order valence-corrected chi connectivity index (χ4v) is 1.87. The highest BCUT2D eigenvalue weighted by Gasteiger charge is 2.60. The first kappa shape index (κ1) is 15.0. The number of pyridine rings is 1. The van der Waals surface area contributed by atoms with Crippen LogP contribution in [0.25, 0.3) is 0 Å². The van der Waals surface area contributed by atoms with Gasteiger partial charge in [0.25, 0.3) is 0 Å². The van der Waals surface area contributed by atoms with Crippen molar-refractivity contribution >= 4 is 10.8 Å². The summed E-state index contributed by atoms with van der Waals surface area (Å²) in [4.78, 5) is 3.12. The molecule has 0 bridgehead atoms. The fraction of sp³-hybridized carbons (Fsp3) is 0.500. The minimum absolute atomic E-state index is 0.361.